The molecule has 0 aliphatic carbocycles. The SMILES string of the molecule is CC(C)(C=N)SSC(C)(C)C=N.c1ccc(Nc2ccccc2)cc1. The Hall–Kier alpha value is -1.72. The van der Waals surface area contributed by atoms with E-state index in [-0.39, 0.29) is 9.49 Å². The fourth-order valence-corrected chi connectivity index (χ4v) is 3.58. The summed E-state index contributed by atoms with van der Waals surface area (Å²) in [6, 6.07) is 20.3. The number of anilines is 2. The van der Waals surface area contributed by atoms with Gasteiger partial charge >= 0.3 is 0 Å². The van der Waals surface area contributed by atoms with Gasteiger partial charge in [0.2, 0.25) is 0 Å². The van der Waals surface area contributed by atoms with Gasteiger partial charge in [-0.3, -0.25) is 0 Å². The summed E-state index contributed by atoms with van der Waals surface area (Å²) in [7, 11) is 3.27. The minimum Gasteiger partial charge on any atom is -0.356 e. The van der Waals surface area contributed by atoms with Crippen molar-refractivity contribution in [2.24, 2.45) is 0 Å². The lowest BCUT2D eigenvalue weighted by Crippen LogP contribution is -2.19. The summed E-state index contributed by atoms with van der Waals surface area (Å²) in [4.78, 5) is 0. The van der Waals surface area contributed by atoms with E-state index in [1.54, 1.807) is 21.6 Å². The first-order chi connectivity index (χ1) is 11.8. The first kappa shape index (κ1) is 21.3. The molecule has 0 amide bonds. The maximum absolute atomic E-state index is 7.15. The predicted molar refractivity (Wildman–Crippen MR) is 117 cm³/mol. The van der Waals surface area contributed by atoms with Crippen LogP contribution in [0.5, 0.6) is 0 Å². The second kappa shape index (κ2) is 10.3. The highest BCUT2D eigenvalue weighted by atomic mass is 33.1. The van der Waals surface area contributed by atoms with Crippen molar-refractivity contribution < 1.29 is 0 Å². The van der Waals surface area contributed by atoms with Crippen molar-refractivity contribution in [2.75, 3.05) is 5.32 Å². The lowest BCUT2D eigenvalue weighted by molar-refractivity contribution is 0.963. The molecule has 0 bridgehead atoms. The summed E-state index contributed by atoms with van der Waals surface area (Å²) in [6.07, 6.45) is 2.87. The fourth-order valence-electron chi connectivity index (χ4n) is 1.47. The zero-order chi connectivity index (χ0) is 18.8. The van der Waals surface area contributed by atoms with Crippen molar-refractivity contribution in [1.82, 2.24) is 0 Å². The summed E-state index contributed by atoms with van der Waals surface area (Å²) in [5.41, 5.74) is 2.24. The summed E-state index contributed by atoms with van der Waals surface area (Å²) in [5.74, 6) is 0. The van der Waals surface area contributed by atoms with Crippen LogP contribution >= 0.6 is 21.6 Å². The third kappa shape index (κ3) is 9.37. The van der Waals surface area contributed by atoms with Crippen LogP contribution in [0.1, 0.15) is 27.7 Å². The van der Waals surface area contributed by atoms with Gasteiger partial charge in [0.1, 0.15) is 0 Å². The molecule has 0 saturated heterocycles. The molecule has 2 rings (SSSR count). The molecule has 0 radical (unpaired) electrons. The smallest absolute Gasteiger partial charge is 0.0551 e. The van der Waals surface area contributed by atoms with E-state index in [4.69, 9.17) is 10.8 Å². The molecule has 0 atom stereocenters. The molecule has 5 heteroatoms. The van der Waals surface area contributed by atoms with Gasteiger partial charge in [0.05, 0.1) is 9.49 Å². The van der Waals surface area contributed by atoms with Crippen molar-refractivity contribution in [3.8, 4) is 0 Å². The van der Waals surface area contributed by atoms with E-state index in [0.29, 0.717) is 0 Å². The van der Waals surface area contributed by atoms with Crippen LogP contribution in [0.15, 0.2) is 60.7 Å². The van der Waals surface area contributed by atoms with Crippen LogP contribution in [0.25, 0.3) is 0 Å². The Morgan fingerprint density at radius 2 is 1.00 bits per heavy atom. The molecule has 0 spiro atoms. The Morgan fingerprint density at radius 3 is 1.28 bits per heavy atom. The van der Waals surface area contributed by atoms with Crippen molar-refractivity contribution >= 4 is 45.4 Å². The molecule has 2 aromatic carbocycles. The molecule has 0 aromatic heterocycles. The van der Waals surface area contributed by atoms with E-state index in [2.05, 4.69) is 5.32 Å². The minimum atomic E-state index is -0.134. The van der Waals surface area contributed by atoms with Crippen LogP contribution in [-0.2, 0) is 0 Å². The molecule has 25 heavy (non-hydrogen) atoms. The molecule has 0 fully saturated rings. The number of para-hydroxylation sites is 2. The third-order valence-corrected chi connectivity index (χ3v) is 7.01. The summed E-state index contributed by atoms with van der Waals surface area (Å²) in [5, 5.41) is 17.6. The molecule has 0 unspecified atom stereocenters. The molecule has 0 heterocycles. The largest absolute Gasteiger partial charge is 0.356 e. The van der Waals surface area contributed by atoms with Crippen LogP contribution in [0, 0.1) is 10.8 Å². The number of hydrogen-bond acceptors (Lipinski definition) is 5. The van der Waals surface area contributed by atoms with Crippen LogP contribution in [-0.4, -0.2) is 21.9 Å². The number of nitrogens with one attached hydrogen (secondary N) is 3. The maximum Gasteiger partial charge on any atom is 0.0551 e. The average molecular weight is 374 g/mol. The highest BCUT2D eigenvalue weighted by Gasteiger charge is 2.22. The van der Waals surface area contributed by atoms with E-state index >= 15 is 0 Å². The van der Waals surface area contributed by atoms with E-state index in [1.165, 1.54) is 12.4 Å². The van der Waals surface area contributed by atoms with Crippen LogP contribution in [0.2, 0.25) is 0 Å². The highest BCUT2D eigenvalue weighted by Crippen LogP contribution is 2.41. The first-order valence-corrected chi connectivity index (χ1v) is 10.2. The first-order valence-electron chi connectivity index (χ1n) is 8.05. The second-order valence-corrected chi connectivity index (χ2v) is 9.96. The third-order valence-electron chi connectivity index (χ3n) is 3.00. The van der Waals surface area contributed by atoms with E-state index in [0.717, 1.165) is 11.4 Å². The van der Waals surface area contributed by atoms with Crippen molar-refractivity contribution in [2.45, 2.75) is 37.2 Å². The van der Waals surface area contributed by atoms with Gasteiger partial charge in [-0.15, -0.1) is 0 Å². The predicted octanol–water partition coefficient (Wildman–Crippen LogP) is 6.65. The lowest BCUT2D eigenvalue weighted by Gasteiger charge is -2.23. The lowest BCUT2D eigenvalue weighted by atomic mass is 10.2. The summed E-state index contributed by atoms with van der Waals surface area (Å²) < 4.78 is -0.268. The van der Waals surface area contributed by atoms with Crippen LogP contribution in [0.3, 0.4) is 0 Å². The molecule has 0 aliphatic rings. The van der Waals surface area contributed by atoms with E-state index in [9.17, 15) is 0 Å². The van der Waals surface area contributed by atoms with Gasteiger partial charge in [-0.2, -0.15) is 0 Å². The van der Waals surface area contributed by atoms with Gasteiger partial charge in [0.15, 0.2) is 0 Å². The molecule has 0 saturated carbocycles. The number of benzene rings is 2. The molecule has 134 valence electrons. The van der Waals surface area contributed by atoms with Crippen LogP contribution in [0.4, 0.5) is 11.4 Å². The molecule has 0 aliphatic heterocycles. The van der Waals surface area contributed by atoms with E-state index in [1.807, 2.05) is 88.4 Å². The van der Waals surface area contributed by atoms with Gasteiger partial charge in [-0.05, 0) is 52.0 Å². The van der Waals surface area contributed by atoms with Gasteiger partial charge < -0.3 is 16.1 Å². The quantitative estimate of drug-likeness (QED) is 0.376. The van der Waals surface area contributed by atoms with E-state index < -0.39 is 0 Å². The average Bonchev–Trinajstić information content (AvgIpc) is 2.63. The fraction of sp³-hybridized carbons (Fsp3) is 0.300. The number of hydrogen-bond donors (Lipinski definition) is 3. The number of rotatable bonds is 7. The Morgan fingerprint density at radius 1 is 0.680 bits per heavy atom. The van der Waals surface area contributed by atoms with Crippen molar-refractivity contribution in [1.29, 1.82) is 10.8 Å². The molecule has 3 nitrogen and oxygen atoms in total. The maximum atomic E-state index is 7.15. The zero-order valence-electron chi connectivity index (χ0n) is 15.2. The van der Waals surface area contributed by atoms with Gasteiger partial charge in [-0.1, -0.05) is 58.0 Å². The Balaban J connectivity index is 0.000000252. The van der Waals surface area contributed by atoms with Crippen LogP contribution < -0.4 is 5.32 Å². The Labute approximate surface area is 159 Å². The molecular weight excluding hydrogens is 346 g/mol. The zero-order valence-corrected chi connectivity index (χ0v) is 16.9. The standard InChI is InChI=1S/C12H11N.C8H16N2S2/c1-3-7-11(8-4-1)13-12-9-5-2-6-10-12;1-7(2,5-9)11-12-8(3,4)6-10/h1-10,13H;5-6,9-10H,1-4H3. The monoisotopic (exact) mass is 373 g/mol. The second-order valence-electron chi connectivity index (χ2n) is 6.52. The molecule has 2 aromatic rings. The summed E-state index contributed by atoms with van der Waals surface area (Å²) >= 11 is 0. The van der Waals surface area contributed by atoms with Gasteiger partial charge in [0, 0.05) is 23.8 Å². The van der Waals surface area contributed by atoms with Crippen molar-refractivity contribution in [3.05, 3.63) is 60.7 Å². The van der Waals surface area contributed by atoms with Gasteiger partial charge in [0.25, 0.3) is 0 Å². The summed E-state index contributed by atoms with van der Waals surface area (Å²) in [6.45, 7) is 7.99. The topological polar surface area (TPSA) is 59.7 Å². The molecule has 3 N–H and O–H groups in total. The Bertz CT molecular complexity index is 583. The Kier molecular flexibility index (Phi) is 8.79. The molecular formula is C20H27N3S2. The minimum absolute atomic E-state index is 0.134. The van der Waals surface area contributed by atoms with Crippen molar-refractivity contribution in [3.63, 3.8) is 0 Å². The normalized spacial score (nSPS) is 11.0. The van der Waals surface area contributed by atoms with Gasteiger partial charge in [-0.25, -0.2) is 0 Å². The highest BCUT2D eigenvalue weighted by molar-refractivity contribution is 8.78.